The number of hydrogen-bond acceptors (Lipinski definition) is 6. The number of benzene rings is 3. The quantitative estimate of drug-likeness (QED) is 0.467. The van der Waals surface area contributed by atoms with E-state index in [2.05, 4.69) is 5.32 Å². The second-order valence-electron chi connectivity index (χ2n) is 6.17. The van der Waals surface area contributed by atoms with Gasteiger partial charge < -0.3 is 24.3 Å². The van der Waals surface area contributed by atoms with Gasteiger partial charge in [0.2, 0.25) is 0 Å². The van der Waals surface area contributed by atoms with Gasteiger partial charge in [-0.1, -0.05) is 0 Å². The zero-order chi connectivity index (χ0) is 21.5. The molecule has 0 fully saturated rings. The smallest absolute Gasteiger partial charge is 0.343 e. The summed E-state index contributed by atoms with van der Waals surface area (Å²) in [6.45, 7) is 0. The third-order valence-electron chi connectivity index (χ3n) is 4.29. The molecular weight excluding hydrogens is 386 g/mol. The number of amides is 1. The highest BCUT2D eigenvalue weighted by Gasteiger charge is 2.13. The van der Waals surface area contributed by atoms with Crippen LogP contribution in [0.15, 0.2) is 66.7 Å². The van der Waals surface area contributed by atoms with E-state index in [1.807, 2.05) is 0 Å². The van der Waals surface area contributed by atoms with Crippen molar-refractivity contribution in [3.05, 3.63) is 77.9 Å². The maximum Gasteiger partial charge on any atom is 0.343 e. The van der Waals surface area contributed by atoms with E-state index in [1.165, 1.54) is 20.3 Å². The third kappa shape index (κ3) is 4.88. The van der Waals surface area contributed by atoms with Gasteiger partial charge in [0.05, 0.1) is 26.9 Å². The van der Waals surface area contributed by atoms with Gasteiger partial charge in [-0.3, -0.25) is 4.79 Å². The number of methoxy groups -OCH3 is 3. The van der Waals surface area contributed by atoms with Crippen LogP contribution in [0.25, 0.3) is 0 Å². The van der Waals surface area contributed by atoms with Gasteiger partial charge in [-0.25, -0.2) is 4.79 Å². The normalized spacial score (nSPS) is 10.1. The van der Waals surface area contributed by atoms with Crippen LogP contribution in [0.4, 0.5) is 5.69 Å². The Morgan fingerprint density at radius 1 is 0.667 bits per heavy atom. The van der Waals surface area contributed by atoms with Crippen molar-refractivity contribution in [2.45, 2.75) is 0 Å². The second-order valence-corrected chi connectivity index (χ2v) is 6.17. The number of ether oxygens (including phenoxy) is 4. The second kappa shape index (κ2) is 9.47. The van der Waals surface area contributed by atoms with Gasteiger partial charge in [-0.05, 0) is 66.7 Å². The first-order chi connectivity index (χ1) is 14.5. The summed E-state index contributed by atoms with van der Waals surface area (Å²) in [6.07, 6.45) is 0. The number of esters is 1. The largest absolute Gasteiger partial charge is 0.497 e. The molecule has 0 aliphatic carbocycles. The Labute approximate surface area is 174 Å². The predicted molar refractivity (Wildman–Crippen MR) is 112 cm³/mol. The van der Waals surface area contributed by atoms with Crippen LogP contribution in [0.1, 0.15) is 20.7 Å². The summed E-state index contributed by atoms with van der Waals surface area (Å²) in [5.41, 5.74) is 1.38. The number of anilines is 1. The summed E-state index contributed by atoms with van der Waals surface area (Å²) in [7, 11) is 4.58. The molecule has 0 atom stereocenters. The van der Waals surface area contributed by atoms with Crippen LogP contribution in [-0.4, -0.2) is 33.2 Å². The molecule has 7 heteroatoms. The van der Waals surface area contributed by atoms with Crippen LogP contribution in [0.3, 0.4) is 0 Å². The fourth-order valence-electron chi connectivity index (χ4n) is 2.68. The zero-order valence-corrected chi connectivity index (χ0v) is 16.8. The molecule has 1 amide bonds. The van der Waals surface area contributed by atoms with Crippen LogP contribution in [0.2, 0.25) is 0 Å². The Morgan fingerprint density at radius 3 is 1.87 bits per heavy atom. The van der Waals surface area contributed by atoms with E-state index in [0.717, 1.165) is 0 Å². The topological polar surface area (TPSA) is 83.1 Å². The summed E-state index contributed by atoms with van der Waals surface area (Å²) < 4.78 is 20.8. The van der Waals surface area contributed by atoms with Crippen LogP contribution in [0.5, 0.6) is 23.0 Å². The number of rotatable bonds is 7. The van der Waals surface area contributed by atoms with Crippen LogP contribution >= 0.6 is 0 Å². The molecule has 0 saturated carbocycles. The molecule has 1 N–H and O–H groups in total. The highest BCUT2D eigenvalue weighted by Crippen LogP contribution is 2.28. The van der Waals surface area contributed by atoms with Crippen molar-refractivity contribution in [1.82, 2.24) is 0 Å². The molecule has 0 bridgehead atoms. The van der Waals surface area contributed by atoms with E-state index in [1.54, 1.807) is 67.8 Å². The molecule has 3 aromatic rings. The van der Waals surface area contributed by atoms with Crippen LogP contribution in [0, 0.1) is 0 Å². The van der Waals surface area contributed by atoms with Gasteiger partial charge >= 0.3 is 5.97 Å². The van der Waals surface area contributed by atoms with E-state index in [9.17, 15) is 9.59 Å². The van der Waals surface area contributed by atoms with Crippen molar-refractivity contribution in [2.75, 3.05) is 26.6 Å². The van der Waals surface area contributed by atoms with E-state index in [0.29, 0.717) is 39.8 Å². The molecule has 0 aromatic heterocycles. The Morgan fingerprint density at radius 2 is 1.27 bits per heavy atom. The zero-order valence-electron chi connectivity index (χ0n) is 16.8. The summed E-state index contributed by atoms with van der Waals surface area (Å²) in [4.78, 5) is 24.8. The van der Waals surface area contributed by atoms with Crippen molar-refractivity contribution < 1.29 is 28.5 Å². The highest BCUT2D eigenvalue weighted by atomic mass is 16.5. The summed E-state index contributed by atoms with van der Waals surface area (Å²) in [6, 6.07) is 18.0. The van der Waals surface area contributed by atoms with Crippen LogP contribution in [-0.2, 0) is 0 Å². The van der Waals surface area contributed by atoms with Crippen molar-refractivity contribution in [2.24, 2.45) is 0 Å². The maximum absolute atomic E-state index is 12.4. The minimum atomic E-state index is -0.550. The van der Waals surface area contributed by atoms with E-state index in [-0.39, 0.29) is 5.91 Å². The summed E-state index contributed by atoms with van der Waals surface area (Å²) >= 11 is 0. The van der Waals surface area contributed by atoms with Crippen molar-refractivity contribution in [1.29, 1.82) is 0 Å². The first-order valence-corrected chi connectivity index (χ1v) is 9.03. The van der Waals surface area contributed by atoms with Gasteiger partial charge in [0.1, 0.15) is 11.5 Å². The van der Waals surface area contributed by atoms with Gasteiger partial charge in [-0.2, -0.15) is 0 Å². The summed E-state index contributed by atoms with van der Waals surface area (Å²) in [5.74, 6) is 1.13. The molecule has 3 rings (SSSR count). The van der Waals surface area contributed by atoms with E-state index >= 15 is 0 Å². The number of nitrogens with one attached hydrogen (secondary N) is 1. The molecule has 30 heavy (non-hydrogen) atoms. The Kier molecular flexibility index (Phi) is 6.54. The molecule has 0 saturated heterocycles. The van der Waals surface area contributed by atoms with Gasteiger partial charge in [0, 0.05) is 11.3 Å². The standard InChI is InChI=1S/C23H21NO6/c1-27-18-11-7-17(8-12-18)24-22(25)15-4-9-19(10-5-15)30-23(26)16-6-13-20(28-2)21(14-16)29-3/h4-14H,1-3H3,(H,24,25). The first kappa shape index (κ1) is 20.7. The minimum absolute atomic E-state index is 0.280. The maximum atomic E-state index is 12.4. The fraction of sp³-hybridized carbons (Fsp3) is 0.130. The number of carbonyl (C=O) groups is 2. The van der Waals surface area contributed by atoms with Crippen molar-refractivity contribution in [3.63, 3.8) is 0 Å². The molecule has 154 valence electrons. The predicted octanol–water partition coefficient (Wildman–Crippen LogP) is 4.18. The molecule has 7 nitrogen and oxygen atoms in total. The minimum Gasteiger partial charge on any atom is -0.497 e. The fourth-order valence-corrected chi connectivity index (χ4v) is 2.68. The number of carbonyl (C=O) groups excluding carboxylic acids is 2. The van der Waals surface area contributed by atoms with Gasteiger partial charge in [-0.15, -0.1) is 0 Å². The Balaban J connectivity index is 1.64. The van der Waals surface area contributed by atoms with E-state index in [4.69, 9.17) is 18.9 Å². The summed E-state index contributed by atoms with van der Waals surface area (Å²) in [5, 5.41) is 2.79. The Bertz CT molecular complexity index is 1030. The molecule has 0 unspecified atom stereocenters. The van der Waals surface area contributed by atoms with Gasteiger partial charge in [0.25, 0.3) is 5.91 Å². The molecule has 0 aliphatic rings. The van der Waals surface area contributed by atoms with E-state index < -0.39 is 5.97 Å². The molecule has 0 aliphatic heterocycles. The van der Waals surface area contributed by atoms with Crippen LogP contribution < -0.4 is 24.3 Å². The third-order valence-corrected chi connectivity index (χ3v) is 4.29. The molecular formula is C23H21NO6. The number of hydrogen-bond donors (Lipinski definition) is 1. The average molecular weight is 407 g/mol. The van der Waals surface area contributed by atoms with Gasteiger partial charge in [0.15, 0.2) is 11.5 Å². The highest BCUT2D eigenvalue weighted by molar-refractivity contribution is 6.04. The average Bonchev–Trinajstić information content (AvgIpc) is 2.79. The SMILES string of the molecule is COc1ccc(NC(=O)c2ccc(OC(=O)c3ccc(OC)c(OC)c3)cc2)cc1. The molecule has 0 spiro atoms. The van der Waals surface area contributed by atoms with Crippen molar-refractivity contribution in [3.8, 4) is 23.0 Å². The molecule has 3 aromatic carbocycles. The van der Waals surface area contributed by atoms with Crippen molar-refractivity contribution >= 4 is 17.6 Å². The monoisotopic (exact) mass is 407 g/mol. The molecule has 0 heterocycles. The lowest BCUT2D eigenvalue weighted by atomic mass is 10.2. The lowest BCUT2D eigenvalue weighted by Gasteiger charge is -2.10. The Hall–Kier alpha value is -4.00. The lowest BCUT2D eigenvalue weighted by molar-refractivity contribution is 0.0734. The lowest BCUT2D eigenvalue weighted by Crippen LogP contribution is -2.12. The molecule has 0 radical (unpaired) electrons. The first-order valence-electron chi connectivity index (χ1n) is 9.03.